The molecule has 0 unspecified atom stereocenters. The van der Waals surface area contributed by atoms with E-state index in [-0.39, 0.29) is 12.0 Å². The van der Waals surface area contributed by atoms with Crippen molar-refractivity contribution < 1.29 is 5.11 Å². The molecule has 3 nitrogen and oxygen atoms in total. The molecule has 0 fully saturated rings. The first kappa shape index (κ1) is 12.8. The molecule has 0 aliphatic heterocycles. The van der Waals surface area contributed by atoms with Gasteiger partial charge in [-0.15, -0.1) is 0 Å². The summed E-state index contributed by atoms with van der Waals surface area (Å²) < 4.78 is 0. The minimum Gasteiger partial charge on any atom is -0.396 e. The summed E-state index contributed by atoms with van der Waals surface area (Å²) in [5.74, 6) is 0. The average molecular weight is 239 g/mol. The van der Waals surface area contributed by atoms with Crippen LogP contribution >= 0.6 is 11.6 Å². The Bertz CT molecular complexity index is 410. The van der Waals surface area contributed by atoms with Gasteiger partial charge in [0.1, 0.15) is 6.07 Å². The summed E-state index contributed by atoms with van der Waals surface area (Å²) in [7, 11) is 0. The largest absolute Gasteiger partial charge is 0.396 e. The summed E-state index contributed by atoms with van der Waals surface area (Å²) in [6.45, 7) is 4.69. The number of nitrogens with one attached hydrogen (secondary N) is 1. The molecule has 0 saturated heterocycles. The van der Waals surface area contributed by atoms with Gasteiger partial charge in [-0.3, -0.25) is 0 Å². The number of aliphatic hydroxyl groups is 1. The molecule has 0 amide bonds. The number of hydrogen-bond acceptors (Lipinski definition) is 3. The van der Waals surface area contributed by atoms with E-state index in [1.807, 2.05) is 19.9 Å². The van der Waals surface area contributed by atoms with Gasteiger partial charge in [-0.2, -0.15) is 5.26 Å². The van der Waals surface area contributed by atoms with Crippen LogP contribution in [0.15, 0.2) is 18.2 Å². The summed E-state index contributed by atoms with van der Waals surface area (Å²) >= 11 is 5.90. The molecular formula is C12H15ClN2O. The predicted octanol–water partition coefficient (Wildman–Crippen LogP) is 2.64. The zero-order valence-electron chi connectivity index (χ0n) is 9.42. The summed E-state index contributed by atoms with van der Waals surface area (Å²) in [5.41, 5.74) is 1.14. The highest BCUT2D eigenvalue weighted by atomic mass is 35.5. The van der Waals surface area contributed by atoms with Crippen LogP contribution < -0.4 is 5.32 Å². The standard InChI is InChI=1S/C12H15ClN2O/c1-12(2,8-16)7-15-10-4-3-9(6-14)11(13)5-10/h3-5,15-16H,7-8H2,1-2H3. The molecule has 4 heteroatoms. The fraction of sp³-hybridized carbons (Fsp3) is 0.417. The number of hydrogen-bond donors (Lipinski definition) is 2. The Kier molecular flexibility index (Phi) is 4.17. The van der Waals surface area contributed by atoms with E-state index in [1.165, 1.54) is 0 Å². The SMILES string of the molecule is CC(C)(CO)CNc1ccc(C#N)c(Cl)c1. The van der Waals surface area contributed by atoms with E-state index in [2.05, 4.69) is 5.32 Å². The Labute approximate surface area is 101 Å². The van der Waals surface area contributed by atoms with Gasteiger partial charge in [-0.05, 0) is 18.2 Å². The van der Waals surface area contributed by atoms with Crippen LogP contribution in [0.2, 0.25) is 5.02 Å². The Morgan fingerprint density at radius 1 is 1.50 bits per heavy atom. The Morgan fingerprint density at radius 2 is 2.19 bits per heavy atom. The topological polar surface area (TPSA) is 56.0 Å². The Balaban J connectivity index is 2.70. The Hall–Kier alpha value is -1.24. The van der Waals surface area contributed by atoms with Gasteiger partial charge in [0.2, 0.25) is 0 Å². The van der Waals surface area contributed by atoms with E-state index in [9.17, 15) is 0 Å². The first-order chi connectivity index (χ1) is 7.48. The van der Waals surface area contributed by atoms with E-state index >= 15 is 0 Å². The maximum atomic E-state index is 9.10. The number of benzene rings is 1. The van der Waals surface area contributed by atoms with E-state index < -0.39 is 0 Å². The van der Waals surface area contributed by atoms with Crippen LogP contribution in [-0.4, -0.2) is 18.3 Å². The van der Waals surface area contributed by atoms with Gasteiger partial charge < -0.3 is 10.4 Å². The quantitative estimate of drug-likeness (QED) is 0.848. The highest BCUT2D eigenvalue weighted by Crippen LogP contribution is 2.22. The third-order valence-electron chi connectivity index (χ3n) is 2.29. The third kappa shape index (κ3) is 3.41. The monoisotopic (exact) mass is 238 g/mol. The molecule has 0 bridgehead atoms. The molecule has 0 aliphatic carbocycles. The van der Waals surface area contributed by atoms with Gasteiger partial charge in [0.25, 0.3) is 0 Å². The third-order valence-corrected chi connectivity index (χ3v) is 2.60. The fourth-order valence-electron chi connectivity index (χ4n) is 1.11. The molecule has 1 aromatic carbocycles. The lowest BCUT2D eigenvalue weighted by Crippen LogP contribution is -2.26. The second kappa shape index (κ2) is 5.20. The number of nitriles is 1. The number of anilines is 1. The molecule has 0 aliphatic rings. The zero-order valence-corrected chi connectivity index (χ0v) is 10.2. The molecule has 0 heterocycles. The van der Waals surface area contributed by atoms with E-state index in [0.29, 0.717) is 17.1 Å². The van der Waals surface area contributed by atoms with Crippen molar-refractivity contribution >= 4 is 17.3 Å². The van der Waals surface area contributed by atoms with Crippen LogP contribution in [0.4, 0.5) is 5.69 Å². The second-order valence-corrected chi connectivity index (χ2v) is 4.89. The molecule has 1 aromatic rings. The van der Waals surface area contributed by atoms with Crippen LogP contribution in [-0.2, 0) is 0 Å². The maximum Gasteiger partial charge on any atom is 0.101 e. The van der Waals surface area contributed by atoms with Crippen molar-refractivity contribution in [2.45, 2.75) is 13.8 Å². The highest BCUT2D eigenvalue weighted by Gasteiger charge is 2.15. The maximum absolute atomic E-state index is 9.10. The van der Waals surface area contributed by atoms with Gasteiger partial charge in [-0.1, -0.05) is 25.4 Å². The summed E-state index contributed by atoms with van der Waals surface area (Å²) in [5, 5.41) is 21.4. The molecule has 0 aromatic heterocycles. The fourth-order valence-corrected chi connectivity index (χ4v) is 1.34. The van der Waals surface area contributed by atoms with Crippen molar-refractivity contribution in [3.05, 3.63) is 28.8 Å². The van der Waals surface area contributed by atoms with Crippen LogP contribution in [0, 0.1) is 16.7 Å². The highest BCUT2D eigenvalue weighted by molar-refractivity contribution is 6.32. The molecule has 2 N–H and O–H groups in total. The van der Waals surface area contributed by atoms with Crippen molar-refractivity contribution in [2.24, 2.45) is 5.41 Å². The van der Waals surface area contributed by atoms with Crippen molar-refractivity contribution in [2.75, 3.05) is 18.5 Å². The normalized spacial score (nSPS) is 10.9. The number of rotatable bonds is 4. The molecule has 1 rings (SSSR count). The lowest BCUT2D eigenvalue weighted by molar-refractivity contribution is 0.171. The summed E-state index contributed by atoms with van der Waals surface area (Å²) in [4.78, 5) is 0. The van der Waals surface area contributed by atoms with Crippen molar-refractivity contribution in [1.82, 2.24) is 0 Å². The summed E-state index contributed by atoms with van der Waals surface area (Å²) in [6, 6.07) is 7.20. The van der Waals surface area contributed by atoms with Gasteiger partial charge in [-0.25, -0.2) is 0 Å². The van der Waals surface area contributed by atoms with Crippen LogP contribution in [0.3, 0.4) is 0 Å². The van der Waals surface area contributed by atoms with Crippen molar-refractivity contribution in [3.63, 3.8) is 0 Å². The number of nitrogens with zero attached hydrogens (tertiary/aromatic N) is 1. The van der Waals surface area contributed by atoms with Crippen LogP contribution in [0.5, 0.6) is 0 Å². The van der Waals surface area contributed by atoms with E-state index in [1.54, 1.807) is 18.2 Å². The molecular weight excluding hydrogens is 224 g/mol. The smallest absolute Gasteiger partial charge is 0.101 e. The van der Waals surface area contributed by atoms with E-state index in [0.717, 1.165) is 5.69 Å². The van der Waals surface area contributed by atoms with Crippen molar-refractivity contribution in [3.8, 4) is 6.07 Å². The summed E-state index contributed by atoms with van der Waals surface area (Å²) in [6.07, 6.45) is 0. The average Bonchev–Trinajstić information content (AvgIpc) is 2.27. The predicted molar refractivity (Wildman–Crippen MR) is 65.5 cm³/mol. The van der Waals surface area contributed by atoms with Gasteiger partial charge in [0.15, 0.2) is 0 Å². The van der Waals surface area contributed by atoms with Gasteiger partial charge >= 0.3 is 0 Å². The van der Waals surface area contributed by atoms with Gasteiger partial charge in [0, 0.05) is 24.3 Å². The molecule has 0 saturated carbocycles. The first-order valence-corrected chi connectivity index (χ1v) is 5.41. The molecule has 0 spiro atoms. The number of halogens is 1. The van der Waals surface area contributed by atoms with E-state index in [4.69, 9.17) is 22.0 Å². The molecule has 16 heavy (non-hydrogen) atoms. The molecule has 0 radical (unpaired) electrons. The van der Waals surface area contributed by atoms with Crippen molar-refractivity contribution in [1.29, 1.82) is 5.26 Å². The lowest BCUT2D eigenvalue weighted by Gasteiger charge is -2.22. The van der Waals surface area contributed by atoms with Crippen LogP contribution in [0.25, 0.3) is 0 Å². The van der Waals surface area contributed by atoms with Gasteiger partial charge in [0.05, 0.1) is 10.6 Å². The zero-order chi connectivity index (χ0) is 12.2. The number of aliphatic hydroxyl groups excluding tert-OH is 1. The Morgan fingerprint density at radius 3 is 2.69 bits per heavy atom. The molecule has 86 valence electrons. The minimum absolute atomic E-state index is 0.115. The second-order valence-electron chi connectivity index (χ2n) is 4.48. The first-order valence-electron chi connectivity index (χ1n) is 5.03. The molecule has 0 atom stereocenters. The lowest BCUT2D eigenvalue weighted by atomic mass is 9.95. The van der Waals surface area contributed by atoms with Crippen LogP contribution in [0.1, 0.15) is 19.4 Å². The minimum atomic E-state index is -0.180.